The van der Waals surface area contributed by atoms with Crippen molar-refractivity contribution in [2.45, 2.75) is 146 Å². The highest BCUT2D eigenvalue weighted by Gasteiger charge is 2.45. The summed E-state index contributed by atoms with van der Waals surface area (Å²) in [6.07, 6.45) is -2.30. The van der Waals surface area contributed by atoms with Crippen molar-refractivity contribution in [2.24, 2.45) is 17.8 Å². The van der Waals surface area contributed by atoms with Gasteiger partial charge in [0, 0.05) is 90.7 Å². The van der Waals surface area contributed by atoms with Crippen molar-refractivity contribution in [1.82, 2.24) is 68.0 Å². The molecule has 1 aromatic heterocycles. The van der Waals surface area contributed by atoms with Crippen LogP contribution in [0.2, 0.25) is 0 Å². The van der Waals surface area contributed by atoms with Gasteiger partial charge in [-0.15, -0.1) is 11.8 Å². The molecule has 0 saturated carbocycles. The third kappa shape index (κ3) is 18.7. The Balaban J connectivity index is 0. The van der Waals surface area contributed by atoms with E-state index in [1.54, 1.807) is 64.1 Å². The van der Waals surface area contributed by atoms with E-state index in [1.807, 2.05) is 0 Å². The molecule has 15 N–H and O–H groups in total. The molecule has 2 bridgehead atoms. The Bertz CT molecular complexity index is 3420. The number of hydrogen-bond donors (Lipinski definition) is 15. The Morgan fingerprint density at radius 1 is 0.731 bits per heavy atom. The van der Waals surface area contributed by atoms with E-state index in [-0.39, 0.29) is 48.8 Å². The van der Waals surface area contributed by atoms with Crippen LogP contribution in [0.1, 0.15) is 89.8 Å². The zero-order valence-electron chi connectivity index (χ0n) is 52.1. The molecule has 5 heterocycles. The summed E-state index contributed by atoms with van der Waals surface area (Å²) in [6.45, 7) is 6.32. The molecule has 12 atom stereocenters. The monoisotopic (exact) mass is 1330 g/mol. The van der Waals surface area contributed by atoms with Crippen LogP contribution in [0.5, 0.6) is 0 Å². The molecule has 4 aliphatic rings. The lowest BCUT2D eigenvalue weighted by atomic mass is 9.93. The zero-order valence-corrected chi connectivity index (χ0v) is 52.9. The molecule has 93 heavy (non-hydrogen) atoms. The molecule has 1 saturated heterocycles. The third-order valence-electron chi connectivity index (χ3n) is 16.5. The summed E-state index contributed by atoms with van der Waals surface area (Å²) in [5, 5.41) is 61.5. The predicted molar refractivity (Wildman–Crippen MR) is 350 cm³/mol. The number of carbonyl (C=O) groups excluding carboxylic acids is 14. The second kappa shape index (κ2) is 32.3. The van der Waals surface area contributed by atoms with Crippen LogP contribution >= 0.6 is 11.8 Å². The molecule has 7 rings (SSSR count). The molecule has 518 valence electrons. The Morgan fingerprint density at radius 2 is 1.40 bits per heavy atom. The summed E-state index contributed by atoms with van der Waals surface area (Å²) in [6, 6.07) is 1.18. The number of aromatic nitrogens is 1. The molecule has 0 radical (unpaired) electrons. The van der Waals surface area contributed by atoms with Gasteiger partial charge < -0.3 is 83.7 Å². The van der Waals surface area contributed by atoms with Gasteiger partial charge in [-0.1, -0.05) is 71.4 Å². The van der Waals surface area contributed by atoms with E-state index in [0.717, 1.165) is 33.7 Å². The molecule has 1 fully saturated rings. The van der Waals surface area contributed by atoms with Gasteiger partial charge in [-0.2, -0.15) is 0 Å². The summed E-state index contributed by atoms with van der Waals surface area (Å²) < 4.78 is 0. The number of para-hydroxylation sites is 1. The number of fused-ring (bicyclic) bond motifs is 5. The van der Waals surface area contributed by atoms with Gasteiger partial charge in [-0.3, -0.25) is 72.0 Å². The SMILES string of the molecule is CC[C@H](C)[C@@H]1NC(=O)CNC(=O)C2Cc3c([nH]c4ccccc34)SCC(NC(=O)CNC1=O)C(=O)N[C@@H](CC(=O)NCc1ccc(NC(=O)[C@H](C)NC(=O)C(NC(=O)CCN3C(=O)C=CC3=O)C(C)C)cc1)C(=O)N1CC(O)C[C@H]1C(=O)N[C@@H](C(C)[C@@H](O)CO)C(=O)N2.[HH].[HH].[HH].[HH].[HH].[HH].[HH].[HH]. The molecular weight excluding hydrogens is 1230 g/mol. The van der Waals surface area contributed by atoms with Crippen LogP contribution in [-0.2, 0) is 80.1 Å². The minimum atomic E-state index is -1.84. The standard InChI is InChI=1S/C61H80N14O17S.8H2/c1-7-30(4)51-57(89)64-24-46(81)67-41-28-93-60-37(36-10-8-9-11-38(36)70-60)21-39(54(86)63-25-47(82)72-51)68-59(91)52(31(5)43(78)27-76)73-56(88)42-20-35(77)26-75(42)61(92)40(69-55(41)87)22-45(80)62-23-33-12-14-34(15-13-33)66-53(85)32(6)65-58(90)50(29(2)3)71-44(79)18-19-74-48(83)16-17-49(74)84;;;;;;;;/h8-17,29-32,35,39-43,50-52,70,76-78H,7,18-28H2,1-6H3,(H,62,80)(H,63,86)(H,64,89)(H,65,90)(H,66,85)(H,67,81)(H,68,91)(H,69,87)(H,71,79)(H,72,82)(H,73,88);8*1H/t30-,31?,32-,35?,39?,40-,41?,42-,43-,50?,51-,52-;;;;;;;;/m0......../s1. The van der Waals surface area contributed by atoms with E-state index in [1.165, 1.54) is 26.0 Å². The molecule has 4 aliphatic heterocycles. The fourth-order valence-electron chi connectivity index (χ4n) is 10.7. The van der Waals surface area contributed by atoms with E-state index >= 15 is 4.79 Å². The number of thioether (sulfide) groups is 1. The smallest absolute Gasteiger partial charge is 0.253 e. The van der Waals surface area contributed by atoms with Crippen LogP contribution in [0.4, 0.5) is 5.69 Å². The number of aromatic amines is 1. The zero-order chi connectivity index (χ0) is 68.0. The lowest BCUT2D eigenvalue weighted by Crippen LogP contribution is -2.62. The predicted octanol–water partition coefficient (Wildman–Crippen LogP) is -1.94. The Kier molecular flexibility index (Phi) is 24.7. The average Bonchev–Trinajstić information content (AvgIpc) is 1.68. The Morgan fingerprint density at radius 3 is 2.06 bits per heavy atom. The highest BCUT2D eigenvalue weighted by atomic mass is 32.2. The lowest BCUT2D eigenvalue weighted by molar-refractivity contribution is -0.144. The quantitative estimate of drug-likeness (QED) is 0.0616. The van der Waals surface area contributed by atoms with Gasteiger partial charge in [0.25, 0.3) is 11.8 Å². The number of nitrogens with one attached hydrogen (secondary N) is 12. The number of rotatable bonds is 18. The molecule has 32 heteroatoms. The maximum atomic E-state index is 15.0. The van der Waals surface area contributed by atoms with E-state index in [2.05, 4.69) is 63.5 Å². The number of nitrogens with zero attached hydrogens (tertiary/aromatic N) is 2. The van der Waals surface area contributed by atoms with Crippen molar-refractivity contribution in [2.75, 3.05) is 43.9 Å². The fourth-order valence-corrected chi connectivity index (χ4v) is 11.9. The van der Waals surface area contributed by atoms with Crippen LogP contribution in [0, 0.1) is 17.8 Å². The number of anilines is 1. The first-order valence-electron chi connectivity index (χ1n) is 30.5. The number of aliphatic hydroxyl groups excluding tert-OH is 3. The number of imide groups is 1. The number of carbonyl (C=O) groups is 14. The molecule has 14 amide bonds. The Labute approximate surface area is 550 Å². The number of benzene rings is 2. The van der Waals surface area contributed by atoms with Crippen molar-refractivity contribution in [3.05, 3.63) is 71.8 Å². The first-order chi connectivity index (χ1) is 44.2. The van der Waals surface area contributed by atoms with Gasteiger partial charge in [-0.05, 0) is 48.1 Å². The van der Waals surface area contributed by atoms with Gasteiger partial charge in [-0.25, -0.2) is 0 Å². The molecule has 5 unspecified atom stereocenters. The topological polar surface area (TPSA) is 454 Å². The maximum Gasteiger partial charge on any atom is 0.253 e. The van der Waals surface area contributed by atoms with Crippen LogP contribution in [0.3, 0.4) is 0 Å². The summed E-state index contributed by atoms with van der Waals surface area (Å²) in [7, 11) is 0. The van der Waals surface area contributed by atoms with Gasteiger partial charge in [0.1, 0.15) is 48.3 Å². The second-order valence-corrected chi connectivity index (χ2v) is 24.7. The summed E-state index contributed by atoms with van der Waals surface area (Å²) >= 11 is 0.989. The molecular formula is C61H96N14O17S. The van der Waals surface area contributed by atoms with Crippen LogP contribution in [0.15, 0.2) is 65.7 Å². The second-order valence-electron chi connectivity index (χ2n) is 23.7. The first-order valence-corrected chi connectivity index (χ1v) is 31.5. The van der Waals surface area contributed by atoms with E-state index in [9.17, 15) is 77.6 Å². The van der Waals surface area contributed by atoms with E-state index in [4.69, 9.17) is 0 Å². The minimum absolute atomic E-state index is 0. The molecule has 0 aliphatic carbocycles. The van der Waals surface area contributed by atoms with Gasteiger partial charge >= 0.3 is 0 Å². The number of amides is 14. The molecule has 0 spiro atoms. The number of hydrogen-bond acceptors (Lipinski definition) is 18. The van der Waals surface area contributed by atoms with Crippen LogP contribution < -0.4 is 58.5 Å². The molecule has 3 aromatic rings. The highest BCUT2D eigenvalue weighted by molar-refractivity contribution is 7.99. The maximum absolute atomic E-state index is 15.0. The Hall–Kier alpha value is -9.27. The number of aliphatic hydroxyl groups is 3. The minimum Gasteiger partial charge on any atom is -0.394 e. The van der Waals surface area contributed by atoms with Crippen molar-refractivity contribution >= 4 is 111 Å². The van der Waals surface area contributed by atoms with Crippen molar-refractivity contribution in [3.8, 4) is 0 Å². The average molecular weight is 1330 g/mol. The van der Waals surface area contributed by atoms with Crippen LogP contribution in [-0.4, -0.2) is 212 Å². The summed E-state index contributed by atoms with van der Waals surface area (Å²) in [5.74, 6) is -14.0. The van der Waals surface area contributed by atoms with Gasteiger partial charge in [0.2, 0.25) is 70.9 Å². The highest BCUT2D eigenvalue weighted by Crippen LogP contribution is 2.32. The number of H-pyrrole nitrogens is 1. The van der Waals surface area contributed by atoms with Crippen molar-refractivity contribution in [3.63, 3.8) is 0 Å². The summed E-state index contributed by atoms with van der Waals surface area (Å²) in [4.78, 5) is 197. The van der Waals surface area contributed by atoms with E-state index < -0.39 is 200 Å². The van der Waals surface area contributed by atoms with Crippen molar-refractivity contribution in [1.29, 1.82) is 0 Å². The van der Waals surface area contributed by atoms with Crippen molar-refractivity contribution < 1.29 is 93.9 Å². The fraction of sp³-hybridized carbons (Fsp3) is 0.508. The first kappa shape index (κ1) is 71.2. The van der Waals surface area contributed by atoms with Gasteiger partial charge in [0.05, 0.1) is 43.4 Å². The molecule has 2 aromatic carbocycles. The van der Waals surface area contributed by atoms with Crippen LogP contribution in [0.25, 0.3) is 10.9 Å². The normalized spacial score (nSPS) is 23.7. The lowest BCUT2D eigenvalue weighted by Gasteiger charge is -2.33. The largest absolute Gasteiger partial charge is 0.394 e. The third-order valence-corrected chi connectivity index (χ3v) is 17.6. The molecule has 31 nitrogen and oxygen atoms in total. The van der Waals surface area contributed by atoms with Gasteiger partial charge in [0.15, 0.2) is 0 Å². The summed E-state index contributed by atoms with van der Waals surface area (Å²) in [5.41, 5.74) is 1.68. The van der Waals surface area contributed by atoms with E-state index in [0.29, 0.717) is 33.5 Å².